The fraction of sp³-hybridized carbons (Fsp3) is 0.386. The molecule has 0 radical (unpaired) electrons. The molecule has 3 fully saturated rings. The number of carbonyl (C=O) groups excluding carboxylic acids is 2. The van der Waals surface area contributed by atoms with E-state index >= 15 is 0 Å². The molecule has 2 aromatic heterocycles. The molecule has 0 aliphatic carbocycles. The van der Waals surface area contributed by atoms with Gasteiger partial charge in [0.25, 0.3) is 0 Å². The number of benzene rings is 3. The summed E-state index contributed by atoms with van der Waals surface area (Å²) in [5.41, 5.74) is 10.0. The molecule has 0 atom stereocenters. The van der Waals surface area contributed by atoms with E-state index in [1.165, 1.54) is 5.69 Å². The quantitative estimate of drug-likeness (QED) is 0.154. The average molecular weight is 783 g/mol. The lowest BCUT2D eigenvalue weighted by molar-refractivity contribution is -0.120. The van der Waals surface area contributed by atoms with Crippen molar-refractivity contribution < 1.29 is 19.1 Å². The third kappa shape index (κ3) is 7.63. The molecule has 4 aliphatic heterocycles. The Balaban J connectivity index is 0.783. The molecule has 5 aromatic rings. The summed E-state index contributed by atoms with van der Waals surface area (Å²) in [6.45, 7) is 13.1. The molecule has 300 valence electrons. The van der Waals surface area contributed by atoms with Crippen LogP contribution in [0.3, 0.4) is 0 Å². The van der Waals surface area contributed by atoms with Crippen molar-refractivity contribution in [3.05, 3.63) is 78.1 Å². The number of fused-ring (bicyclic) bond motifs is 2. The normalized spacial score (nSPS) is 17.7. The van der Waals surface area contributed by atoms with Gasteiger partial charge in [0.05, 0.1) is 18.3 Å². The number of methoxy groups -OCH3 is 1. The van der Waals surface area contributed by atoms with Crippen LogP contribution in [-0.2, 0) is 4.79 Å². The maximum absolute atomic E-state index is 12.4. The predicted octanol–water partition coefficient (Wildman–Crippen LogP) is 6.35. The number of pyridine rings is 1. The first-order valence-electron chi connectivity index (χ1n) is 20.3. The lowest BCUT2D eigenvalue weighted by Gasteiger charge is -2.40. The number of carbonyl (C=O) groups is 2. The molecule has 0 spiro atoms. The zero-order valence-electron chi connectivity index (χ0n) is 33.4. The summed E-state index contributed by atoms with van der Waals surface area (Å²) >= 11 is 0. The highest BCUT2D eigenvalue weighted by molar-refractivity contribution is 6.06. The zero-order valence-corrected chi connectivity index (χ0v) is 33.4. The number of urea groups is 1. The number of hydrogen-bond donors (Lipinski definition) is 3. The predicted molar refractivity (Wildman–Crippen MR) is 228 cm³/mol. The van der Waals surface area contributed by atoms with Crippen LogP contribution < -0.4 is 40.1 Å². The Kier molecular flexibility index (Phi) is 10.3. The van der Waals surface area contributed by atoms with Crippen LogP contribution in [0.25, 0.3) is 22.0 Å². The van der Waals surface area contributed by atoms with Gasteiger partial charge in [0.2, 0.25) is 17.7 Å². The fourth-order valence-corrected chi connectivity index (χ4v) is 8.72. The molecule has 6 heterocycles. The number of anilines is 6. The van der Waals surface area contributed by atoms with Gasteiger partial charge in [-0.3, -0.25) is 19.9 Å². The van der Waals surface area contributed by atoms with Crippen molar-refractivity contribution in [1.29, 1.82) is 0 Å². The number of ether oxygens (including phenoxy) is 2. The summed E-state index contributed by atoms with van der Waals surface area (Å²) in [5.74, 6) is 2.35. The van der Waals surface area contributed by atoms with Crippen molar-refractivity contribution in [3.8, 4) is 22.8 Å². The Morgan fingerprint density at radius 3 is 2.47 bits per heavy atom. The smallest absolute Gasteiger partial charge is 0.328 e. The summed E-state index contributed by atoms with van der Waals surface area (Å²) in [6, 6.07) is 18.5. The number of nitrogens with one attached hydrogen (secondary N) is 3. The highest BCUT2D eigenvalue weighted by Gasteiger charge is 2.28. The van der Waals surface area contributed by atoms with Crippen LogP contribution in [0.4, 0.5) is 39.2 Å². The van der Waals surface area contributed by atoms with E-state index in [1.54, 1.807) is 12.0 Å². The average Bonchev–Trinajstić information content (AvgIpc) is 3.24. The number of amides is 3. The Morgan fingerprint density at radius 1 is 0.879 bits per heavy atom. The number of aryl methyl sites for hydroxylation is 1. The van der Waals surface area contributed by atoms with E-state index in [2.05, 4.69) is 90.0 Å². The van der Waals surface area contributed by atoms with Crippen LogP contribution in [0.1, 0.15) is 30.4 Å². The van der Waals surface area contributed by atoms with Crippen LogP contribution >= 0.6 is 0 Å². The van der Waals surface area contributed by atoms with Crippen LogP contribution in [0.2, 0.25) is 0 Å². The van der Waals surface area contributed by atoms with Crippen molar-refractivity contribution in [2.75, 3.05) is 98.0 Å². The molecule has 0 unspecified atom stereocenters. The molecular weight excluding hydrogens is 733 g/mol. The first kappa shape index (κ1) is 37.4. The molecule has 14 heteroatoms. The van der Waals surface area contributed by atoms with Gasteiger partial charge in [-0.05, 0) is 85.7 Å². The minimum atomic E-state index is -0.343. The summed E-state index contributed by atoms with van der Waals surface area (Å²) in [5, 5.41) is 10.2. The third-order valence-electron chi connectivity index (χ3n) is 12.0. The lowest BCUT2D eigenvalue weighted by Crippen LogP contribution is -2.50. The second-order valence-corrected chi connectivity index (χ2v) is 15.7. The summed E-state index contributed by atoms with van der Waals surface area (Å²) in [4.78, 5) is 47.2. The monoisotopic (exact) mass is 782 g/mol. The van der Waals surface area contributed by atoms with Gasteiger partial charge in [-0.2, -0.15) is 0 Å². The summed E-state index contributed by atoms with van der Waals surface area (Å²) in [6.07, 6.45) is 6.34. The van der Waals surface area contributed by atoms with E-state index in [1.807, 2.05) is 31.5 Å². The van der Waals surface area contributed by atoms with Crippen LogP contribution in [0.5, 0.6) is 11.6 Å². The summed E-state index contributed by atoms with van der Waals surface area (Å²) in [7, 11) is 1.70. The van der Waals surface area contributed by atoms with Gasteiger partial charge in [0.1, 0.15) is 18.0 Å². The zero-order chi connectivity index (χ0) is 39.8. The van der Waals surface area contributed by atoms with E-state index in [4.69, 9.17) is 14.5 Å². The molecule has 9 rings (SSSR count). The standard InChI is InChI=1S/C44H50N10O4/c1-28-22-33(7-9-38(28)54-16-12-40(55)50-44(54)56)53-19-17-51(18-20-53)27-30-10-14-52(15-11-30)34-6-8-36(39(24-34)57-3)48-43-47-25-32-5-4-31(23-37(32)49-43)35-26-46-42-41(29(35)2)45-13-21-58-42/h4-9,22-26,30,45H,10-21,27H2,1-3H3,(H,47,48,49)(H,50,55,56). The largest absolute Gasteiger partial charge is 0.494 e. The van der Waals surface area contributed by atoms with Crippen molar-refractivity contribution in [2.24, 2.45) is 5.92 Å². The van der Waals surface area contributed by atoms with Crippen molar-refractivity contribution >= 4 is 57.2 Å². The highest BCUT2D eigenvalue weighted by atomic mass is 16.5. The second kappa shape index (κ2) is 16.0. The van der Waals surface area contributed by atoms with Gasteiger partial charge >= 0.3 is 6.03 Å². The van der Waals surface area contributed by atoms with Crippen molar-refractivity contribution in [1.82, 2.24) is 25.2 Å². The van der Waals surface area contributed by atoms with Crippen molar-refractivity contribution in [3.63, 3.8) is 0 Å². The Morgan fingerprint density at radius 2 is 1.67 bits per heavy atom. The van der Waals surface area contributed by atoms with Gasteiger partial charge in [-0.25, -0.2) is 19.7 Å². The fourth-order valence-electron chi connectivity index (χ4n) is 8.72. The number of piperidine rings is 1. The molecule has 3 aromatic carbocycles. The molecule has 4 aliphatic rings. The molecule has 3 N–H and O–H groups in total. The maximum Gasteiger partial charge on any atom is 0.328 e. The molecule has 0 saturated carbocycles. The van der Waals surface area contributed by atoms with Crippen LogP contribution in [-0.4, -0.2) is 104 Å². The van der Waals surface area contributed by atoms with Crippen molar-refractivity contribution in [2.45, 2.75) is 33.1 Å². The van der Waals surface area contributed by atoms with Gasteiger partial charge in [-0.1, -0.05) is 12.1 Å². The van der Waals surface area contributed by atoms with Gasteiger partial charge in [-0.15, -0.1) is 0 Å². The number of hydrogen-bond acceptors (Lipinski definition) is 12. The van der Waals surface area contributed by atoms with Gasteiger partial charge < -0.3 is 29.9 Å². The van der Waals surface area contributed by atoms with E-state index < -0.39 is 0 Å². The lowest BCUT2D eigenvalue weighted by atomic mass is 9.95. The molecule has 3 amide bonds. The van der Waals surface area contributed by atoms with Gasteiger partial charge in [0.15, 0.2) is 0 Å². The van der Waals surface area contributed by atoms with E-state index in [-0.39, 0.29) is 11.9 Å². The molecular formula is C44H50N10O4. The third-order valence-corrected chi connectivity index (χ3v) is 12.0. The number of aromatic nitrogens is 3. The van der Waals surface area contributed by atoms with Gasteiger partial charge in [0, 0.05) is 112 Å². The second-order valence-electron chi connectivity index (χ2n) is 15.7. The Labute approximate surface area is 338 Å². The Hall–Kier alpha value is -6.15. The maximum atomic E-state index is 12.4. The number of imide groups is 1. The van der Waals surface area contributed by atoms with E-state index in [0.29, 0.717) is 37.3 Å². The first-order chi connectivity index (χ1) is 28.3. The minimum absolute atomic E-state index is 0.215. The highest BCUT2D eigenvalue weighted by Crippen LogP contribution is 2.37. The first-order valence-corrected chi connectivity index (χ1v) is 20.3. The Bertz CT molecular complexity index is 2360. The van der Waals surface area contributed by atoms with Crippen LogP contribution in [0.15, 0.2) is 67.0 Å². The number of rotatable bonds is 9. The minimum Gasteiger partial charge on any atom is -0.494 e. The molecule has 14 nitrogen and oxygen atoms in total. The summed E-state index contributed by atoms with van der Waals surface area (Å²) < 4.78 is 11.6. The van der Waals surface area contributed by atoms with E-state index in [9.17, 15) is 9.59 Å². The van der Waals surface area contributed by atoms with E-state index in [0.717, 1.165) is 127 Å². The SMILES string of the molecule is COc1cc(N2CCC(CN3CCN(c4ccc(N5CCC(=O)NC5=O)c(C)c4)CC3)CC2)ccc1Nc1ncc2ccc(-c3cnc4c(c3C)NCCO4)cc2n1. The van der Waals surface area contributed by atoms with Crippen LogP contribution in [0, 0.1) is 19.8 Å². The number of nitrogens with zero attached hydrogens (tertiary/aromatic N) is 7. The molecule has 3 saturated heterocycles. The number of piperazine rings is 1. The molecule has 0 bridgehead atoms. The molecule has 58 heavy (non-hydrogen) atoms. The topological polar surface area (TPSA) is 140 Å².